The lowest BCUT2D eigenvalue weighted by atomic mass is 9.74. The molecule has 1 spiro atoms. The standard InChI is InChI=1S/C14H19BrN2/c15-13-8-12(9-16-10-13)11-2-5-14(6-3-11)4-1-7-17-14/h8-11,17H,1-7H2. The lowest BCUT2D eigenvalue weighted by Crippen LogP contribution is -2.42. The average Bonchev–Trinajstić information content (AvgIpc) is 2.79. The van der Waals surface area contributed by atoms with Gasteiger partial charge in [0.1, 0.15) is 0 Å². The van der Waals surface area contributed by atoms with Crippen molar-refractivity contribution in [3.8, 4) is 0 Å². The molecule has 1 aromatic rings. The zero-order valence-electron chi connectivity index (χ0n) is 10.1. The molecule has 1 saturated carbocycles. The largest absolute Gasteiger partial charge is 0.311 e. The first-order valence-corrected chi connectivity index (χ1v) is 7.42. The summed E-state index contributed by atoms with van der Waals surface area (Å²) >= 11 is 3.51. The van der Waals surface area contributed by atoms with Gasteiger partial charge in [-0.1, -0.05) is 0 Å². The molecule has 0 radical (unpaired) electrons. The summed E-state index contributed by atoms with van der Waals surface area (Å²) in [5.74, 6) is 0.716. The molecule has 2 heterocycles. The van der Waals surface area contributed by atoms with Gasteiger partial charge in [-0.15, -0.1) is 0 Å². The molecule has 0 amide bonds. The Kier molecular flexibility index (Phi) is 3.22. The van der Waals surface area contributed by atoms with Crippen LogP contribution in [0.1, 0.15) is 50.0 Å². The van der Waals surface area contributed by atoms with Crippen molar-refractivity contribution in [2.75, 3.05) is 6.54 Å². The summed E-state index contributed by atoms with van der Waals surface area (Å²) in [6.45, 7) is 1.23. The monoisotopic (exact) mass is 294 g/mol. The van der Waals surface area contributed by atoms with Gasteiger partial charge in [-0.25, -0.2) is 0 Å². The molecule has 0 bridgehead atoms. The third kappa shape index (κ3) is 2.41. The Morgan fingerprint density at radius 3 is 2.71 bits per heavy atom. The van der Waals surface area contributed by atoms with Crippen LogP contribution in [0.4, 0.5) is 0 Å². The van der Waals surface area contributed by atoms with Crippen LogP contribution >= 0.6 is 15.9 Å². The van der Waals surface area contributed by atoms with Gasteiger partial charge in [0.05, 0.1) is 0 Å². The van der Waals surface area contributed by atoms with Gasteiger partial charge in [-0.2, -0.15) is 0 Å². The zero-order valence-corrected chi connectivity index (χ0v) is 11.7. The molecule has 0 unspecified atom stereocenters. The topological polar surface area (TPSA) is 24.9 Å². The van der Waals surface area contributed by atoms with E-state index in [1.54, 1.807) is 0 Å². The number of hydrogen-bond acceptors (Lipinski definition) is 2. The highest BCUT2D eigenvalue weighted by atomic mass is 79.9. The highest BCUT2D eigenvalue weighted by Crippen LogP contribution is 2.41. The zero-order chi connectivity index (χ0) is 11.7. The summed E-state index contributed by atoms with van der Waals surface area (Å²) in [6, 6.07) is 2.23. The van der Waals surface area contributed by atoms with Crippen molar-refractivity contribution in [3.05, 3.63) is 28.5 Å². The van der Waals surface area contributed by atoms with E-state index in [-0.39, 0.29) is 0 Å². The van der Waals surface area contributed by atoms with Crippen molar-refractivity contribution in [2.24, 2.45) is 0 Å². The number of nitrogens with zero attached hydrogens (tertiary/aromatic N) is 1. The maximum absolute atomic E-state index is 4.29. The summed E-state index contributed by atoms with van der Waals surface area (Å²) in [6.07, 6.45) is 12.0. The fourth-order valence-corrected chi connectivity index (χ4v) is 3.83. The SMILES string of the molecule is Brc1cncc(C2CCC3(CCCN3)CC2)c1. The normalized spacial score (nSPS) is 33.1. The van der Waals surface area contributed by atoms with Crippen molar-refractivity contribution in [2.45, 2.75) is 50.0 Å². The molecule has 0 aromatic carbocycles. The van der Waals surface area contributed by atoms with E-state index >= 15 is 0 Å². The van der Waals surface area contributed by atoms with E-state index in [0.29, 0.717) is 11.5 Å². The van der Waals surface area contributed by atoms with Gasteiger partial charge in [-0.3, -0.25) is 4.98 Å². The van der Waals surface area contributed by atoms with Crippen molar-refractivity contribution in [1.82, 2.24) is 10.3 Å². The summed E-state index contributed by atoms with van der Waals surface area (Å²) in [5.41, 5.74) is 1.91. The molecular weight excluding hydrogens is 276 g/mol. The summed E-state index contributed by atoms with van der Waals surface area (Å²) in [7, 11) is 0. The summed E-state index contributed by atoms with van der Waals surface area (Å²) < 4.78 is 1.11. The van der Waals surface area contributed by atoms with E-state index in [9.17, 15) is 0 Å². The molecule has 3 heteroatoms. The summed E-state index contributed by atoms with van der Waals surface area (Å²) in [4.78, 5) is 4.29. The van der Waals surface area contributed by atoms with E-state index in [4.69, 9.17) is 0 Å². The molecule has 1 N–H and O–H groups in total. The number of halogens is 1. The maximum Gasteiger partial charge on any atom is 0.0410 e. The lowest BCUT2D eigenvalue weighted by molar-refractivity contribution is 0.244. The van der Waals surface area contributed by atoms with Crippen LogP contribution in [-0.4, -0.2) is 17.1 Å². The van der Waals surface area contributed by atoms with Gasteiger partial charge >= 0.3 is 0 Å². The first-order chi connectivity index (χ1) is 8.27. The fraction of sp³-hybridized carbons (Fsp3) is 0.643. The Bertz CT molecular complexity index is 389. The van der Waals surface area contributed by atoms with E-state index in [1.807, 2.05) is 12.4 Å². The number of hydrogen-bond donors (Lipinski definition) is 1. The molecule has 1 aromatic heterocycles. The van der Waals surface area contributed by atoms with Gasteiger partial charge in [0.25, 0.3) is 0 Å². The van der Waals surface area contributed by atoms with E-state index < -0.39 is 0 Å². The van der Waals surface area contributed by atoms with Crippen molar-refractivity contribution in [3.63, 3.8) is 0 Å². The highest BCUT2D eigenvalue weighted by Gasteiger charge is 2.37. The molecular formula is C14H19BrN2. The van der Waals surface area contributed by atoms with E-state index in [2.05, 4.69) is 32.3 Å². The highest BCUT2D eigenvalue weighted by molar-refractivity contribution is 9.10. The number of nitrogens with one attached hydrogen (secondary N) is 1. The molecule has 1 aliphatic carbocycles. The first kappa shape index (κ1) is 11.7. The molecule has 92 valence electrons. The second-order valence-electron chi connectivity index (χ2n) is 5.52. The van der Waals surface area contributed by atoms with Crippen LogP contribution in [-0.2, 0) is 0 Å². The van der Waals surface area contributed by atoms with Crippen LogP contribution in [0.2, 0.25) is 0 Å². The van der Waals surface area contributed by atoms with E-state index in [1.165, 1.54) is 50.6 Å². The van der Waals surface area contributed by atoms with Crippen LogP contribution in [0.15, 0.2) is 22.9 Å². The Hall–Kier alpha value is -0.410. The van der Waals surface area contributed by atoms with Crippen molar-refractivity contribution < 1.29 is 0 Å². The maximum atomic E-state index is 4.29. The third-order valence-electron chi connectivity index (χ3n) is 4.47. The van der Waals surface area contributed by atoms with Crippen LogP contribution in [0.5, 0.6) is 0 Å². The predicted octanol–water partition coefficient (Wildman–Crippen LogP) is 3.62. The molecule has 2 aliphatic rings. The lowest BCUT2D eigenvalue weighted by Gasteiger charge is -2.37. The van der Waals surface area contributed by atoms with Gasteiger partial charge < -0.3 is 5.32 Å². The molecule has 2 nitrogen and oxygen atoms in total. The molecule has 2 fully saturated rings. The molecule has 0 atom stereocenters. The quantitative estimate of drug-likeness (QED) is 0.856. The van der Waals surface area contributed by atoms with Crippen molar-refractivity contribution >= 4 is 15.9 Å². The molecule has 1 saturated heterocycles. The van der Waals surface area contributed by atoms with E-state index in [0.717, 1.165) is 4.47 Å². The van der Waals surface area contributed by atoms with Gasteiger partial charge in [0.15, 0.2) is 0 Å². The van der Waals surface area contributed by atoms with Crippen LogP contribution in [0, 0.1) is 0 Å². The third-order valence-corrected chi connectivity index (χ3v) is 4.91. The number of pyridine rings is 1. The number of aromatic nitrogens is 1. The van der Waals surface area contributed by atoms with Crippen LogP contribution in [0.25, 0.3) is 0 Å². The second kappa shape index (κ2) is 4.69. The number of rotatable bonds is 1. The van der Waals surface area contributed by atoms with Gasteiger partial charge in [0, 0.05) is 22.4 Å². The smallest absolute Gasteiger partial charge is 0.0410 e. The van der Waals surface area contributed by atoms with Crippen molar-refractivity contribution in [1.29, 1.82) is 0 Å². The average molecular weight is 295 g/mol. The Morgan fingerprint density at radius 1 is 1.24 bits per heavy atom. The minimum Gasteiger partial charge on any atom is -0.311 e. The molecule has 3 rings (SSSR count). The minimum absolute atomic E-state index is 0.496. The van der Waals surface area contributed by atoms with Gasteiger partial charge in [-0.05, 0) is 78.5 Å². The van der Waals surface area contributed by atoms with Crippen LogP contribution < -0.4 is 5.32 Å². The Balaban J connectivity index is 1.68. The molecule has 1 aliphatic heterocycles. The Morgan fingerprint density at radius 2 is 2.06 bits per heavy atom. The predicted molar refractivity (Wildman–Crippen MR) is 73.1 cm³/mol. The molecule has 17 heavy (non-hydrogen) atoms. The summed E-state index contributed by atoms with van der Waals surface area (Å²) in [5, 5.41) is 3.73. The van der Waals surface area contributed by atoms with Crippen LogP contribution in [0.3, 0.4) is 0 Å². The Labute approximate surface area is 111 Å². The second-order valence-corrected chi connectivity index (χ2v) is 6.44. The fourth-order valence-electron chi connectivity index (χ4n) is 3.45. The minimum atomic E-state index is 0.496. The first-order valence-electron chi connectivity index (χ1n) is 6.63. The van der Waals surface area contributed by atoms with Gasteiger partial charge in [0.2, 0.25) is 0 Å².